The number of hydrogen-bond acceptors (Lipinski definition) is 3. The molecule has 1 aliphatic heterocycles. The van der Waals surface area contributed by atoms with Crippen molar-refractivity contribution in [1.29, 1.82) is 0 Å². The monoisotopic (exact) mass is 315 g/mol. The smallest absolute Gasteiger partial charge is 0.252 e. The first-order valence-electron chi connectivity index (χ1n) is 6.78. The van der Waals surface area contributed by atoms with Gasteiger partial charge in [0.05, 0.1) is 4.90 Å². The van der Waals surface area contributed by atoms with Crippen LogP contribution in [0.4, 0.5) is 0 Å². The Morgan fingerprint density at radius 2 is 1.95 bits per heavy atom. The molecule has 0 aromatic heterocycles. The van der Waals surface area contributed by atoms with Crippen molar-refractivity contribution in [1.82, 2.24) is 4.31 Å². The summed E-state index contributed by atoms with van der Waals surface area (Å²) in [6.07, 6.45) is 3.70. The Kier molecular flexibility index (Phi) is 4.83. The molecule has 1 unspecified atom stereocenters. The van der Waals surface area contributed by atoms with E-state index in [1.165, 1.54) is 24.3 Å². The van der Waals surface area contributed by atoms with Gasteiger partial charge >= 0.3 is 0 Å². The predicted molar refractivity (Wildman–Crippen MR) is 78.4 cm³/mol. The molecule has 20 heavy (non-hydrogen) atoms. The van der Waals surface area contributed by atoms with Gasteiger partial charge in [-0.1, -0.05) is 13.3 Å². The van der Waals surface area contributed by atoms with Gasteiger partial charge in [-0.05, 0) is 55.1 Å². The molecule has 1 atom stereocenters. The molecule has 0 bridgehead atoms. The summed E-state index contributed by atoms with van der Waals surface area (Å²) in [6.45, 7) is 2.57. The van der Waals surface area contributed by atoms with Gasteiger partial charge in [0.25, 0.3) is 5.24 Å². The number of sulfonamides is 1. The van der Waals surface area contributed by atoms with Crippen molar-refractivity contribution in [2.45, 2.75) is 43.5 Å². The molecule has 1 aliphatic rings. The topological polar surface area (TPSA) is 54.5 Å². The number of nitrogens with zero attached hydrogens (tertiary/aromatic N) is 1. The summed E-state index contributed by atoms with van der Waals surface area (Å²) in [5.41, 5.74) is 0.302. The van der Waals surface area contributed by atoms with E-state index in [1.807, 2.05) is 6.92 Å². The molecule has 0 N–H and O–H groups in total. The van der Waals surface area contributed by atoms with E-state index in [-0.39, 0.29) is 10.9 Å². The van der Waals surface area contributed by atoms with Crippen molar-refractivity contribution in [3.63, 3.8) is 0 Å². The standard InChI is InChI=1S/C14H18ClNO3S/c1-2-12-5-3-4-10-16(12)20(18,19)13-8-6-11(7-9-13)14(15)17/h6-9,12H,2-5,10H2,1H3. The summed E-state index contributed by atoms with van der Waals surface area (Å²) in [6, 6.07) is 5.88. The van der Waals surface area contributed by atoms with Crippen molar-refractivity contribution in [2.24, 2.45) is 0 Å². The van der Waals surface area contributed by atoms with Crippen LogP contribution in [0.25, 0.3) is 0 Å². The van der Waals surface area contributed by atoms with Gasteiger partial charge in [0.2, 0.25) is 10.0 Å². The molecule has 0 saturated carbocycles. The molecule has 0 spiro atoms. The molecule has 1 saturated heterocycles. The van der Waals surface area contributed by atoms with Crippen molar-refractivity contribution in [2.75, 3.05) is 6.54 Å². The number of halogens is 1. The molecular weight excluding hydrogens is 298 g/mol. The molecule has 1 aromatic rings. The van der Waals surface area contributed by atoms with Crippen LogP contribution in [-0.2, 0) is 10.0 Å². The molecule has 0 aliphatic carbocycles. The maximum Gasteiger partial charge on any atom is 0.252 e. The Hall–Kier alpha value is -0.910. The lowest BCUT2D eigenvalue weighted by Crippen LogP contribution is -2.43. The van der Waals surface area contributed by atoms with Gasteiger partial charge < -0.3 is 0 Å². The summed E-state index contributed by atoms with van der Waals surface area (Å²) in [7, 11) is -3.49. The number of benzene rings is 1. The van der Waals surface area contributed by atoms with Crippen molar-refractivity contribution in [3.05, 3.63) is 29.8 Å². The third-order valence-corrected chi connectivity index (χ3v) is 5.92. The predicted octanol–water partition coefficient (Wildman–Crippen LogP) is 3.02. The Morgan fingerprint density at radius 3 is 2.50 bits per heavy atom. The molecular formula is C14H18ClNO3S. The lowest BCUT2D eigenvalue weighted by Gasteiger charge is -2.34. The molecule has 1 heterocycles. The summed E-state index contributed by atoms with van der Waals surface area (Å²) in [4.78, 5) is 11.2. The third-order valence-electron chi connectivity index (χ3n) is 3.73. The van der Waals surface area contributed by atoms with Crippen LogP contribution in [0.3, 0.4) is 0 Å². The van der Waals surface area contributed by atoms with Crippen LogP contribution in [0, 0.1) is 0 Å². The van der Waals surface area contributed by atoms with Gasteiger partial charge in [-0.2, -0.15) is 4.31 Å². The lowest BCUT2D eigenvalue weighted by atomic mass is 10.0. The fraction of sp³-hybridized carbons (Fsp3) is 0.500. The van der Waals surface area contributed by atoms with E-state index in [9.17, 15) is 13.2 Å². The lowest BCUT2D eigenvalue weighted by molar-refractivity contribution is 0.108. The second kappa shape index (κ2) is 6.24. The van der Waals surface area contributed by atoms with Gasteiger partial charge in [-0.3, -0.25) is 4.79 Å². The van der Waals surface area contributed by atoms with E-state index in [0.29, 0.717) is 12.1 Å². The largest absolute Gasteiger partial charge is 0.276 e. The molecule has 4 nitrogen and oxygen atoms in total. The van der Waals surface area contributed by atoms with Gasteiger partial charge in [0, 0.05) is 18.2 Å². The van der Waals surface area contributed by atoms with E-state index in [2.05, 4.69) is 0 Å². The highest BCUT2D eigenvalue weighted by Crippen LogP contribution is 2.27. The summed E-state index contributed by atoms with van der Waals surface area (Å²) in [5, 5.41) is -0.585. The number of rotatable bonds is 4. The maximum absolute atomic E-state index is 12.6. The normalized spacial score (nSPS) is 20.8. The summed E-state index contributed by atoms with van der Waals surface area (Å²) < 4.78 is 26.9. The zero-order chi connectivity index (χ0) is 14.8. The first-order chi connectivity index (χ1) is 9.46. The van der Waals surface area contributed by atoms with Gasteiger partial charge in [0.1, 0.15) is 0 Å². The van der Waals surface area contributed by atoms with E-state index in [4.69, 9.17) is 11.6 Å². The molecule has 0 radical (unpaired) electrons. The zero-order valence-corrected chi connectivity index (χ0v) is 13.0. The van der Waals surface area contributed by atoms with Gasteiger partial charge in [-0.15, -0.1) is 0 Å². The third kappa shape index (κ3) is 3.05. The van der Waals surface area contributed by atoms with Crippen LogP contribution in [-0.4, -0.2) is 30.6 Å². The number of carbonyl (C=O) groups excluding carboxylic acids is 1. The van der Waals surface area contributed by atoms with Crippen molar-refractivity contribution in [3.8, 4) is 0 Å². The quantitative estimate of drug-likeness (QED) is 0.803. The van der Waals surface area contributed by atoms with Crippen LogP contribution >= 0.6 is 11.6 Å². The van der Waals surface area contributed by atoms with E-state index in [1.54, 1.807) is 4.31 Å². The second-order valence-electron chi connectivity index (χ2n) is 4.97. The average molecular weight is 316 g/mol. The van der Waals surface area contributed by atoms with Crippen LogP contribution in [0.15, 0.2) is 29.2 Å². The van der Waals surface area contributed by atoms with Crippen LogP contribution in [0.2, 0.25) is 0 Å². The average Bonchev–Trinajstić information content (AvgIpc) is 2.47. The Balaban J connectivity index is 2.31. The highest BCUT2D eigenvalue weighted by molar-refractivity contribution is 7.89. The van der Waals surface area contributed by atoms with Gasteiger partial charge in [0.15, 0.2) is 0 Å². The SMILES string of the molecule is CCC1CCCCN1S(=O)(=O)c1ccc(C(=O)Cl)cc1. The van der Waals surface area contributed by atoms with E-state index >= 15 is 0 Å². The Bertz CT molecular complexity index is 583. The highest BCUT2D eigenvalue weighted by atomic mass is 35.5. The summed E-state index contributed by atoms with van der Waals surface area (Å²) >= 11 is 5.37. The van der Waals surface area contributed by atoms with E-state index < -0.39 is 15.3 Å². The van der Waals surface area contributed by atoms with Crippen LogP contribution in [0.5, 0.6) is 0 Å². The Labute approximate surface area is 124 Å². The zero-order valence-electron chi connectivity index (χ0n) is 11.4. The molecule has 1 fully saturated rings. The minimum atomic E-state index is -3.49. The van der Waals surface area contributed by atoms with Gasteiger partial charge in [-0.25, -0.2) is 8.42 Å². The van der Waals surface area contributed by atoms with Crippen LogP contribution < -0.4 is 0 Å². The molecule has 110 valence electrons. The van der Waals surface area contributed by atoms with E-state index in [0.717, 1.165) is 25.7 Å². The minimum Gasteiger partial charge on any atom is -0.276 e. The summed E-state index contributed by atoms with van der Waals surface area (Å²) in [5.74, 6) is 0. The van der Waals surface area contributed by atoms with Crippen LogP contribution in [0.1, 0.15) is 43.0 Å². The molecule has 6 heteroatoms. The maximum atomic E-state index is 12.6. The fourth-order valence-electron chi connectivity index (χ4n) is 2.59. The van der Waals surface area contributed by atoms with Crippen molar-refractivity contribution >= 4 is 26.9 Å². The molecule has 0 amide bonds. The minimum absolute atomic E-state index is 0.0723. The first kappa shape index (κ1) is 15.5. The molecule has 1 aromatic carbocycles. The molecule has 2 rings (SSSR count). The fourth-order valence-corrected chi connectivity index (χ4v) is 4.48. The number of carbonyl (C=O) groups is 1. The number of hydrogen-bond donors (Lipinski definition) is 0. The van der Waals surface area contributed by atoms with Crippen molar-refractivity contribution < 1.29 is 13.2 Å². The number of piperidine rings is 1. The Morgan fingerprint density at radius 1 is 1.30 bits per heavy atom. The second-order valence-corrected chi connectivity index (χ2v) is 7.21. The first-order valence-corrected chi connectivity index (χ1v) is 8.60. The highest BCUT2D eigenvalue weighted by Gasteiger charge is 2.32.